The molecule has 0 radical (unpaired) electrons. The molecule has 6 nitrogen and oxygen atoms in total. The van der Waals surface area contributed by atoms with Crippen LogP contribution < -0.4 is 9.47 Å². The summed E-state index contributed by atoms with van der Waals surface area (Å²) in [6, 6.07) is 10.8. The minimum atomic E-state index is -2.95. The number of ketones is 1. The molecule has 0 heterocycles. The van der Waals surface area contributed by atoms with Gasteiger partial charge in [0.2, 0.25) is 5.78 Å². The zero-order valence-electron chi connectivity index (χ0n) is 12.5. The summed E-state index contributed by atoms with van der Waals surface area (Å²) in [5.74, 6) is -0.549. The molecule has 0 amide bonds. The molecule has 8 heteroatoms. The fourth-order valence-corrected chi connectivity index (χ4v) is 1.99. The van der Waals surface area contributed by atoms with E-state index in [1.165, 1.54) is 49.4 Å². The lowest BCUT2D eigenvalue weighted by atomic mass is 10.1. The molecule has 0 aliphatic heterocycles. The summed E-state index contributed by atoms with van der Waals surface area (Å²) in [7, 11) is 0. The molecule has 0 unspecified atom stereocenters. The van der Waals surface area contributed by atoms with Crippen molar-refractivity contribution >= 4 is 11.5 Å². The highest BCUT2D eigenvalue weighted by Gasteiger charge is 2.21. The average molecular weight is 337 g/mol. The van der Waals surface area contributed by atoms with Gasteiger partial charge >= 0.3 is 12.3 Å². The van der Waals surface area contributed by atoms with E-state index in [-0.39, 0.29) is 22.7 Å². The lowest BCUT2D eigenvalue weighted by molar-refractivity contribution is -0.386. The Kier molecular flexibility index (Phi) is 5.41. The summed E-state index contributed by atoms with van der Waals surface area (Å²) in [6.07, 6.45) is -0.993. The van der Waals surface area contributed by atoms with Gasteiger partial charge in [-0.2, -0.15) is 8.78 Å². The van der Waals surface area contributed by atoms with Gasteiger partial charge in [-0.3, -0.25) is 14.9 Å². The van der Waals surface area contributed by atoms with Gasteiger partial charge in [0.05, 0.1) is 4.92 Å². The van der Waals surface area contributed by atoms with Gasteiger partial charge in [0, 0.05) is 11.6 Å². The molecule has 0 N–H and O–H groups in total. The quantitative estimate of drug-likeness (QED) is 0.436. The molecule has 0 saturated heterocycles. The van der Waals surface area contributed by atoms with Crippen LogP contribution in [0.15, 0.2) is 48.5 Å². The van der Waals surface area contributed by atoms with Crippen LogP contribution in [0.2, 0.25) is 0 Å². The number of benzene rings is 2. The Morgan fingerprint density at radius 2 is 1.71 bits per heavy atom. The van der Waals surface area contributed by atoms with Crippen molar-refractivity contribution in [3.63, 3.8) is 0 Å². The number of Topliss-reactive ketones (excluding diaryl/α,β-unsaturated/α-hetero) is 1. The van der Waals surface area contributed by atoms with Gasteiger partial charge in [0.25, 0.3) is 0 Å². The van der Waals surface area contributed by atoms with Crippen molar-refractivity contribution < 1.29 is 28.0 Å². The number of hydrogen-bond acceptors (Lipinski definition) is 5. The first kappa shape index (κ1) is 17.3. The SMILES string of the molecule is C[C@H](Oc1ccccc1[N+](=O)[O-])C(=O)c1ccc(OC(F)F)cc1. The lowest BCUT2D eigenvalue weighted by Crippen LogP contribution is -2.24. The number of alkyl halides is 2. The van der Waals surface area contributed by atoms with Gasteiger partial charge in [-0.05, 0) is 37.3 Å². The molecule has 0 spiro atoms. The van der Waals surface area contributed by atoms with Gasteiger partial charge < -0.3 is 9.47 Å². The van der Waals surface area contributed by atoms with Crippen LogP contribution in [0, 0.1) is 10.1 Å². The maximum atomic E-state index is 12.3. The second-order valence-corrected chi connectivity index (χ2v) is 4.75. The molecule has 0 fully saturated rings. The Bertz CT molecular complexity index is 734. The minimum absolute atomic E-state index is 0.0268. The molecule has 0 aromatic heterocycles. The first-order chi connectivity index (χ1) is 11.4. The van der Waals surface area contributed by atoms with Crippen molar-refractivity contribution in [3.05, 3.63) is 64.2 Å². The zero-order chi connectivity index (χ0) is 17.7. The van der Waals surface area contributed by atoms with E-state index >= 15 is 0 Å². The first-order valence-corrected chi connectivity index (χ1v) is 6.87. The number of ether oxygens (including phenoxy) is 2. The largest absolute Gasteiger partial charge is 0.475 e. The standard InChI is InChI=1S/C16H13F2NO5/c1-10(23-14-5-3-2-4-13(14)19(21)22)15(20)11-6-8-12(9-7-11)24-16(17)18/h2-10,16H,1H3/t10-/m0/s1. The molecule has 126 valence electrons. The summed E-state index contributed by atoms with van der Waals surface area (Å²) in [5.41, 5.74) is -0.0412. The van der Waals surface area contributed by atoms with Crippen LogP contribution in [0.5, 0.6) is 11.5 Å². The molecule has 0 aliphatic carbocycles. The number of carbonyl (C=O) groups is 1. The summed E-state index contributed by atoms with van der Waals surface area (Å²) in [6.45, 7) is -1.50. The summed E-state index contributed by atoms with van der Waals surface area (Å²) < 4.78 is 33.7. The third kappa shape index (κ3) is 4.25. The van der Waals surface area contributed by atoms with Crippen LogP contribution in [0.1, 0.15) is 17.3 Å². The predicted octanol–water partition coefficient (Wildman–Crippen LogP) is 3.85. The second kappa shape index (κ2) is 7.49. The van der Waals surface area contributed by atoms with E-state index in [0.29, 0.717) is 0 Å². The normalized spacial score (nSPS) is 11.8. The molecule has 0 bridgehead atoms. The van der Waals surface area contributed by atoms with E-state index in [1.807, 2.05) is 0 Å². The topological polar surface area (TPSA) is 78.7 Å². The lowest BCUT2D eigenvalue weighted by Gasteiger charge is -2.14. The highest BCUT2D eigenvalue weighted by molar-refractivity contribution is 5.99. The summed E-state index contributed by atoms with van der Waals surface area (Å²) in [5, 5.41) is 10.9. The van der Waals surface area contributed by atoms with Gasteiger partial charge in [0.1, 0.15) is 5.75 Å². The minimum Gasteiger partial charge on any atom is -0.475 e. The fourth-order valence-electron chi connectivity index (χ4n) is 1.99. The Morgan fingerprint density at radius 1 is 1.08 bits per heavy atom. The van der Waals surface area contributed by atoms with E-state index in [0.717, 1.165) is 0 Å². The smallest absolute Gasteiger partial charge is 0.387 e. The number of nitro groups is 1. The van der Waals surface area contributed by atoms with Crippen LogP contribution in [0.25, 0.3) is 0 Å². The van der Waals surface area contributed by atoms with E-state index in [2.05, 4.69) is 4.74 Å². The number of halogens is 2. The maximum absolute atomic E-state index is 12.3. The van der Waals surface area contributed by atoms with E-state index < -0.39 is 23.4 Å². The van der Waals surface area contributed by atoms with Crippen molar-refractivity contribution in [2.45, 2.75) is 19.6 Å². The average Bonchev–Trinajstić information content (AvgIpc) is 2.54. The molecular formula is C16H13F2NO5. The number of hydrogen-bond donors (Lipinski definition) is 0. The Labute approximate surface area is 135 Å². The van der Waals surface area contributed by atoms with Crippen LogP contribution in [-0.2, 0) is 0 Å². The molecule has 0 aliphatic rings. The molecular weight excluding hydrogens is 324 g/mol. The van der Waals surface area contributed by atoms with Crippen molar-refractivity contribution in [2.75, 3.05) is 0 Å². The highest BCUT2D eigenvalue weighted by Crippen LogP contribution is 2.27. The second-order valence-electron chi connectivity index (χ2n) is 4.75. The van der Waals surface area contributed by atoms with Gasteiger partial charge in [-0.25, -0.2) is 0 Å². The number of para-hydroxylation sites is 2. The predicted molar refractivity (Wildman–Crippen MR) is 80.6 cm³/mol. The Morgan fingerprint density at radius 3 is 2.29 bits per heavy atom. The van der Waals surface area contributed by atoms with Gasteiger partial charge in [-0.15, -0.1) is 0 Å². The first-order valence-electron chi connectivity index (χ1n) is 6.87. The number of carbonyl (C=O) groups excluding carboxylic acids is 1. The maximum Gasteiger partial charge on any atom is 0.387 e. The number of nitrogens with zero attached hydrogens (tertiary/aromatic N) is 1. The van der Waals surface area contributed by atoms with Crippen molar-refractivity contribution in [2.24, 2.45) is 0 Å². The molecule has 2 aromatic rings. The van der Waals surface area contributed by atoms with Crippen LogP contribution in [-0.4, -0.2) is 23.4 Å². The van der Waals surface area contributed by atoms with Gasteiger partial charge in [-0.1, -0.05) is 12.1 Å². The summed E-state index contributed by atoms with van der Waals surface area (Å²) in [4.78, 5) is 22.6. The van der Waals surface area contributed by atoms with E-state index in [9.17, 15) is 23.7 Å². The fraction of sp³-hybridized carbons (Fsp3) is 0.188. The van der Waals surface area contributed by atoms with E-state index in [1.54, 1.807) is 6.07 Å². The number of rotatable bonds is 7. The monoisotopic (exact) mass is 337 g/mol. The van der Waals surface area contributed by atoms with Crippen LogP contribution >= 0.6 is 0 Å². The molecule has 2 rings (SSSR count). The van der Waals surface area contributed by atoms with E-state index in [4.69, 9.17) is 4.74 Å². The molecule has 2 aromatic carbocycles. The van der Waals surface area contributed by atoms with Crippen LogP contribution in [0.4, 0.5) is 14.5 Å². The number of nitro benzene ring substituents is 1. The Balaban J connectivity index is 2.11. The highest BCUT2D eigenvalue weighted by atomic mass is 19.3. The zero-order valence-corrected chi connectivity index (χ0v) is 12.5. The van der Waals surface area contributed by atoms with Crippen molar-refractivity contribution in [1.29, 1.82) is 0 Å². The summed E-state index contributed by atoms with van der Waals surface area (Å²) >= 11 is 0. The third-order valence-corrected chi connectivity index (χ3v) is 3.10. The Hall–Kier alpha value is -3.03. The van der Waals surface area contributed by atoms with Crippen molar-refractivity contribution in [1.82, 2.24) is 0 Å². The van der Waals surface area contributed by atoms with Crippen molar-refractivity contribution in [3.8, 4) is 11.5 Å². The molecule has 24 heavy (non-hydrogen) atoms. The third-order valence-electron chi connectivity index (χ3n) is 3.10. The van der Waals surface area contributed by atoms with Crippen LogP contribution in [0.3, 0.4) is 0 Å². The van der Waals surface area contributed by atoms with Gasteiger partial charge in [0.15, 0.2) is 11.9 Å². The molecule has 0 saturated carbocycles. The molecule has 1 atom stereocenters.